The highest BCUT2D eigenvalue weighted by Gasteiger charge is 2.14. The number of benzene rings is 2. The first kappa shape index (κ1) is 13.3. The lowest BCUT2D eigenvalue weighted by molar-refractivity contribution is 0.636. The van der Waals surface area contributed by atoms with Crippen LogP contribution in [0.1, 0.15) is 18.5 Å². The minimum absolute atomic E-state index is 0.00434. The molecule has 0 aliphatic carbocycles. The standard InChI is InChI=1S/C15H12ClFN2S/c1-9(10-5-7-11(16)8-6-10)19-13-4-2-3-12(17)14(13)18-15(19)20/h2-9H,1H3,(H,18,20). The first-order chi connectivity index (χ1) is 9.58. The number of nitrogens with one attached hydrogen (secondary N) is 1. The summed E-state index contributed by atoms with van der Waals surface area (Å²) in [6.45, 7) is 2.03. The van der Waals surface area contributed by atoms with Crippen LogP contribution in [0.15, 0.2) is 42.5 Å². The van der Waals surface area contributed by atoms with E-state index >= 15 is 0 Å². The van der Waals surface area contributed by atoms with Crippen LogP contribution in [-0.4, -0.2) is 9.55 Å². The number of imidazole rings is 1. The second-order valence-electron chi connectivity index (χ2n) is 4.66. The second kappa shape index (κ2) is 5.04. The number of hydrogen-bond acceptors (Lipinski definition) is 1. The van der Waals surface area contributed by atoms with Crippen molar-refractivity contribution in [3.63, 3.8) is 0 Å². The van der Waals surface area contributed by atoms with Crippen molar-refractivity contribution in [2.24, 2.45) is 0 Å². The summed E-state index contributed by atoms with van der Waals surface area (Å²) in [5, 5.41) is 0.689. The van der Waals surface area contributed by atoms with Gasteiger partial charge < -0.3 is 9.55 Å². The van der Waals surface area contributed by atoms with Crippen LogP contribution < -0.4 is 0 Å². The molecule has 0 aliphatic rings. The molecular weight excluding hydrogens is 295 g/mol. The van der Waals surface area contributed by atoms with E-state index in [1.807, 2.05) is 41.8 Å². The number of aromatic nitrogens is 2. The predicted octanol–water partition coefficient (Wildman–Crippen LogP) is 5.10. The Hall–Kier alpha value is -1.65. The number of fused-ring (bicyclic) bond motifs is 1. The smallest absolute Gasteiger partial charge is 0.178 e. The highest BCUT2D eigenvalue weighted by Crippen LogP contribution is 2.26. The Bertz CT molecular complexity index is 820. The van der Waals surface area contributed by atoms with Crippen LogP contribution in [0.25, 0.3) is 11.0 Å². The molecule has 0 aliphatic heterocycles. The summed E-state index contributed by atoms with van der Waals surface area (Å²) in [6.07, 6.45) is 0. The minimum Gasteiger partial charge on any atom is -0.328 e. The van der Waals surface area contributed by atoms with Crippen molar-refractivity contribution in [1.82, 2.24) is 9.55 Å². The van der Waals surface area contributed by atoms with Gasteiger partial charge in [0, 0.05) is 5.02 Å². The summed E-state index contributed by atoms with van der Waals surface area (Å²) in [5.41, 5.74) is 2.27. The van der Waals surface area contributed by atoms with E-state index in [0.717, 1.165) is 11.1 Å². The molecule has 2 aromatic carbocycles. The van der Waals surface area contributed by atoms with Crippen molar-refractivity contribution in [3.8, 4) is 0 Å². The monoisotopic (exact) mass is 306 g/mol. The number of hydrogen-bond donors (Lipinski definition) is 1. The van der Waals surface area contributed by atoms with Gasteiger partial charge in [-0.05, 0) is 49.0 Å². The second-order valence-corrected chi connectivity index (χ2v) is 5.48. The fourth-order valence-corrected chi connectivity index (χ4v) is 2.87. The maximum absolute atomic E-state index is 13.8. The minimum atomic E-state index is -0.296. The lowest BCUT2D eigenvalue weighted by atomic mass is 10.1. The fourth-order valence-electron chi connectivity index (χ4n) is 2.39. The largest absolute Gasteiger partial charge is 0.328 e. The van der Waals surface area contributed by atoms with Gasteiger partial charge in [-0.3, -0.25) is 0 Å². The van der Waals surface area contributed by atoms with Crippen LogP contribution in [0.4, 0.5) is 4.39 Å². The Labute approximate surface area is 125 Å². The molecule has 1 N–H and O–H groups in total. The van der Waals surface area contributed by atoms with Crippen molar-refractivity contribution < 1.29 is 4.39 Å². The molecule has 0 saturated carbocycles. The van der Waals surface area contributed by atoms with Crippen LogP contribution in [0.2, 0.25) is 5.02 Å². The molecule has 1 heterocycles. The Morgan fingerprint density at radius 3 is 2.60 bits per heavy atom. The molecule has 3 aromatic rings. The van der Waals surface area contributed by atoms with Crippen LogP contribution in [0, 0.1) is 10.6 Å². The van der Waals surface area contributed by atoms with E-state index in [0.29, 0.717) is 15.3 Å². The van der Waals surface area contributed by atoms with Crippen molar-refractivity contribution in [3.05, 3.63) is 63.6 Å². The number of nitrogens with zero attached hydrogens (tertiary/aromatic N) is 1. The number of halogens is 2. The third kappa shape index (κ3) is 2.15. The summed E-state index contributed by atoms with van der Waals surface area (Å²) in [7, 11) is 0. The molecule has 1 atom stereocenters. The summed E-state index contributed by atoms with van der Waals surface area (Å²) in [6, 6.07) is 12.5. The van der Waals surface area contributed by atoms with Crippen molar-refractivity contribution in [1.29, 1.82) is 0 Å². The molecule has 0 amide bonds. The molecule has 1 unspecified atom stereocenters. The molecular formula is C15H12ClFN2S. The van der Waals surface area contributed by atoms with Gasteiger partial charge in [0.05, 0.1) is 11.6 Å². The molecule has 0 fully saturated rings. The van der Waals surface area contributed by atoms with Gasteiger partial charge >= 0.3 is 0 Å². The summed E-state index contributed by atoms with van der Waals surface area (Å²) in [4.78, 5) is 2.93. The molecule has 0 saturated heterocycles. The molecule has 0 spiro atoms. The van der Waals surface area contributed by atoms with Crippen LogP contribution in [0.3, 0.4) is 0 Å². The average Bonchev–Trinajstić information content (AvgIpc) is 2.77. The lowest BCUT2D eigenvalue weighted by Gasteiger charge is -2.15. The maximum Gasteiger partial charge on any atom is 0.178 e. The van der Waals surface area contributed by atoms with E-state index in [9.17, 15) is 4.39 Å². The third-order valence-electron chi connectivity index (χ3n) is 3.44. The summed E-state index contributed by atoms with van der Waals surface area (Å²) in [5.74, 6) is -0.296. The number of rotatable bonds is 2. The van der Waals surface area contributed by atoms with E-state index in [4.69, 9.17) is 23.8 Å². The Morgan fingerprint density at radius 2 is 1.90 bits per heavy atom. The highest BCUT2D eigenvalue weighted by molar-refractivity contribution is 7.71. The zero-order valence-electron chi connectivity index (χ0n) is 10.7. The van der Waals surface area contributed by atoms with Gasteiger partial charge in [0.2, 0.25) is 0 Å². The van der Waals surface area contributed by atoms with E-state index in [2.05, 4.69) is 4.98 Å². The molecule has 5 heteroatoms. The van der Waals surface area contributed by atoms with Gasteiger partial charge in [0.15, 0.2) is 4.77 Å². The lowest BCUT2D eigenvalue weighted by Crippen LogP contribution is -2.06. The van der Waals surface area contributed by atoms with E-state index < -0.39 is 0 Å². The van der Waals surface area contributed by atoms with Crippen molar-refractivity contribution in [2.45, 2.75) is 13.0 Å². The maximum atomic E-state index is 13.8. The fraction of sp³-hybridized carbons (Fsp3) is 0.133. The summed E-state index contributed by atoms with van der Waals surface area (Å²) < 4.78 is 16.2. The van der Waals surface area contributed by atoms with Gasteiger partial charge in [-0.25, -0.2) is 4.39 Å². The zero-order valence-corrected chi connectivity index (χ0v) is 12.3. The molecule has 0 bridgehead atoms. The quantitative estimate of drug-likeness (QED) is 0.653. The van der Waals surface area contributed by atoms with E-state index in [1.54, 1.807) is 6.07 Å². The van der Waals surface area contributed by atoms with Crippen molar-refractivity contribution >= 4 is 34.9 Å². The third-order valence-corrected chi connectivity index (χ3v) is 3.99. The average molecular weight is 307 g/mol. The van der Waals surface area contributed by atoms with Gasteiger partial charge in [-0.2, -0.15) is 0 Å². The van der Waals surface area contributed by atoms with Gasteiger partial charge in [0.1, 0.15) is 11.3 Å². The van der Waals surface area contributed by atoms with Gasteiger partial charge in [-0.15, -0.1) is 0 Å². The van der Waals surface area contributed by atoms with Crippen molar-refractivity contribution in [2.75, 3.05) is 0 Å². The van der Waals surface area contributed by atoms with E-state index in [-0.39, 0.29) is 11.9 Å². The molecule has 1 aromatic heterocycles. The first-order valence-corrected chi connectivity index (χ1v) is 7.01. The summed E-state index contributed by atoms with van der Waals surface area (Å²) >= 11 is 11.2. The molecule has 3 rings (SSSR count). The Balaban J connectivity index is 2.19. The molecule has 102 valence electrons. The van der Waals surface area contributed by atoms with Gasteiger partial charge in [-0.1, -0.05) is 29.8 Å². The van der Waals surface area contributed by atoms with Gasteiger partial charge in [0.25, 0.3) is 0 Å². The molecule has 0 radical (unpaired) electrons. The molecule has 20 heavy (non-hydrogen) atoms. The number of aromatic amines is 1. The Morgan fingerprint density at radius 1 is 1.20 bits per heavy atom. The van der Waals surface area contributed by atoms with Crippen LogP contribution >= 0.6 is 23.8 Å². The molecule has 2 nitrogen and oxygen atoms in total. The number of para-hydroxylation sites is 1. The van der Waals surface area contributed by atoms with Crippen LogP contribution in [0.5, 0.6) is 0 Å². The first-order valence-electron chi connectivity index (χ1n) is 6.22. The number of H-pyrrole nitrogens is 1. The topological polar surface area (TPSA) is 20.7 Å². The Kier molecular flexibility index (Phi) is 3.36. The SMILES string of the molecule is CC(c1ccc(Cl)cc1)n1c(=S)[nH]c2c(F)cccc21. The predicted molar refractivity (Wildman–Crippen MR) is 82.3 cm³/mol. The highest BCUT2D eigenvalue weighted by atomic mass is 35.5. The van der Waals surface area contributed by atoms with Crippen LogP contribution in [-0.2, 0) is 0 Å². The van der Waals surface area contributed by atoms with E-state index in [1.165, 1.54) is 6.07 Å². The zero-order chi connectivity index (χ0) is 14.3. The normalized spacial score (nSPS) is 12.8.